The van der Waals surface area contributed by atoms with Crippen LogP contribution in [-0.2, 0) is 14.3 Å². The largest absolute Gasteiger partial charge is 0.466 e. The van der Waals surface area contributed by atoms with E-state index in [-0.39, 0.29) is 18.5 Å². The van der Waals surface area contributed by atoms with Gasteiger partial charge in [-0.05, 0) is 57.8 Å². The maximum Gasteiger partial charge on any atom is 0.305 e. The summed E-state index contributed by atoms with van der Waals surface area (Å²) in [5, 5.41) is 23.2. The van der Waals surface area contributed by atoms with Crippen molar-refractivity contribution in [3.63, 3.8) is 0 Å². The van der Waals surface area contributed by atoms with Crippen molar-refractivity contribution in [3.05, 3.63) is 24.3 Å². The number of unbranched alkanes of at least 4 members (excludes halogenated alkanes) is 48. The SMILES string of the molecule is CCCCCCC/C=C\CCCCCCCC(=O)OCCCCCCCCCCCCCCCCCCCCC(=O)NC(CO)C(O)/C=C/CCCCCCCCCCCCCCCCCCCCCCC. The number of carbonyl (C=O) groups is 2. The second-order valence-corrected chi connectivity index (χ2v) is 22.5. The van der Waals surface area contributed by atoms with E-state index < -0.39 is 12.1 Å². The number of aliphatic hydroxyl groups excluding tert-OH is 2. The van der Waals surface area contributed by atoms with Crippen molar-refractivity contribution in [1.29, 1.82) is 0 Å². The molecule has 0 radical (unpaired) electrons. The topological polar surface area (TPSA) is 95.9 Å². The summed E-state index contributed by atoms with van der Waals surface area (Å²) in [7, 11) is 0. The molecule has 6 nitrogen and oxygen atoms in total. The standard InChI is InChI=1S/C66H127NO5/c1-3-5-7-9-11-13-15-17-19-20-21-22-23-24-25-28-31-34-38-42-46-50-54-58-64(69)63(62-68)67-65(70)59-55-51-47-43-39-35-32-29-26-27-30-33-37-41-45-49-53-57-61-72-66(71)60-56-52-48-44-40-36-18-16-14-12-10-8-6-4-2/h16,18,54,58,63-64,68-69H,3-15,17,19-53,55-57,59-62H2,1-2H3,(H,67,70)/b18-16-,58-54+. The molecule has 426 valence electrons. The lowest BCUT2D eigenvalue weighted by molar-refractivity contribution is -0.143. The highest BCUT2D eigenvalue weighted by atomic mass is 16.5. The number of ether oxygens (including phenoxy) is 1. The monoisotopic (exact) mass is 1010 g/mol. The van der Waals surface area contributed by atoms with E-state index >= 15 is 0 Å². The third-order valence-electron chi connectivity index (χ3n) is 15.2. The smallest absolute Gasteiger partial charge is 0.305 e. The van der Waals surface area contributed by atoms with Crippen molar-refractivity contribution in [3.8, 4) is 0 Å². The molecule has 2 atom stereocenters. The molecule has 0 spiro atoms. The minimum absolute atomic E-state index is 0.00130. The maximum atomic E-state index is 12.5. The first kappa shape index (κ1) is 70.3. The molecule has 0 aliphatic carbocycles. The summed E-state index contributed by atoms with van der Waals surface area (Å²) in [6, 6.07) is -0.632. The number of esters is 1. The van der Waals surface area contributed by atoms with Crippen LogP contribution in [0.4, 0.5) is 0 Å². The van der Waals surface area contributed by atoms with Gasteiger partial charge in [-0.2, -0.15) is 0 Å². The van der Waals surface area contributed by atoms with Crippen LogP contribution in [0.25, 0.3) is 0 Å². The zero-order valence-electron chi connectivity index (χ0n) is 48.7. The van der Waals surface area contributed by atoms with Crippen LogP contribution in [0.2, 0.25) is 0 Å². The van der Waals surface area contributed by atoms with E-state index in [0.29, 0.717) is 19.4 Å². The second kappa shape index (κ2) is 61.9. The van der Waals surface area contributed by atoms with E-state index in [1.807, 2.05) is 6.08 Å². The Bertz CT molecular complexity index is 1120. The highest BCUT2D eigenvalue weighted by molar-refractivity contribution is 5.76. The fraction of sp³-hybridized carbons (Fsp3) is 0.909. The lowest BCUT2D eigenvalue weighted by Crippen LogP contribution is -2.45. The quantitative estimate of drug-likeness (QED) is 0.0320. The minimum atomic E-state index is -0.848. The molecule has 0 heterocycles. The predicted molar refractivity (Wildman–Crippen MR) is 315 cm³/mol. The van der Waals surface area contributed by atoms with E-state index in [4.69, 9.17) is 4.74 Å². The molecule has 0 bridgehead atoms. The molecule has 2 unspecified atom stereocenters. The third kappa shape index (κ3) is 57.6. The lowest BCUT2D eigenvalue weighted by atomic mass is 10.0. The summed E-state index contributed by atoms with van der Waals surface area (Å²) in [5.41, 5.74) is 0. The van der Waals surface area contributed by atoms with E-state index in [2.05, 4.69) is 31.3 Å². The summed E-state index contributed by atoms with van der Waals surface area (Å²) in [5.74, 6) is -0.0697. The van der Waals surface area contributed by atoms with Gasteiger partial charge in [0.15, 0.2) is 0 Å². The van der Waals surface area contributed by atoms with Gasteiger partial charge in [0.05, 0.1) is 25.4 Å². The van der Waals surface area contributed by atoms with Crippen LogP contribution in [0.5, 0.6) is 0 Å². The van der Waals surface area contributed by atoms with E-state index in [9.17, 15) is 19.8 Å². The first-order valence-corrected chi connectivity index (χ1v) is 32.6. The average molecular weight is 1010 g/mol. The van der Waals surface area contributed by atoms with Crippen LogP contribution in [0.3, 0.4) is 0 Å². The van der Waals surface area contributed by atoms with Crippen LogP contribution >= 0.6 is 0 Å². The summed E-state index contributed by atoms with van der Waals surface area (Å²) in [6.07, 6.45) is 76.5. The van der Waals surface area contributed by atoms with Gasteiger partial charge in [0.25, 0.3) is 0 Å². The second-order valence-electron chi connectivity index (χ2n) is 22.5. The van der Waals surface area contributed by atoms with Gasteiger partial charge in [-0.15, -0.1) is 0 Å². The molecular weight excluding hydrogens is 887 g/mol. The van der Waals surface area contributed by atoms with Gasteiger partial charge in [0.1, 0.15) is 0 Å². The predicted octanol–water partition coefficient (Wildman–Crippen LogP) is 20.6. The number of rotatable bonds is 61. The van der Waals surface area contributed by atoms with Crippen LogP contribution in [-0.4, -0.2) is 47.4 Å². The summed E-state index contributed by atoms with van der Waals surface area (Å²) in [4.78, 5) is 24.6. The average Bonchev–Trinajstić information content (AvgIpc) is 3.38. The number of hydrogen-bond acceptors (Lipinski definition) is 5. The molecule has 0 saturated carbocycles. The highest BCUT2D eigenvalue weighted by Gasteiger charge is 2.18. The zero-order valence-corrected chi connectivity index (χ0v) is 48.7. The molecule has 0 saturated heterocycles. The van der Waals surface area contributed by atoms with Gasteiger partial charge in [0.2, 0.25) is 5.91 Å². The number of carbonyl (C=O) groups excluding carboxylic acids is 2. The molecule has 0 rings (SSSR count). The molecule has 6 heteroatoms. The summed E-state index contributed by atoms with van der Waals surface area (Å²) in [6.45, 7) is 4.91. The van der Waals surface area contributed by atoms with Crippen molar-refractivity contribution < 1.29 is 24.5 Å². The van der Waals surface area contributed by atoms with Crippen LogP contribution < -0.4 is 5.32 Å². The van der Waals surface area contributed by atoms with Gasteiger partial charge in [0, 0.05) is 12.8 Å². The van der Waals surface area contributed by atoms with E-state index in [0.717, 1.165) is 44.9 Å². The molecule has 0 fully saturated rings. The number of aliphatic hydroxyl groups is 2. The van der Waals surface area contributed by atoms with Crippen LogP contribution in [0.1, 0.15) is 361 Å². The molecular formula is C66H127NO5. The number of nitrogens with one attached hydrogen (secondary N) is 1. The summed E-state index contributed by atoms with van der Waals surface area (Å²) < 4.78 is 5.48. The first-order chi connectivity index (χ1) is 35.5. The minimum Gasteiger partial charge on any atom is -0.466 e. The molecule has 0 aromatic heterocycles. The van der Waals surface area contributed by atoms with Gasteiger partial charge in [-0.25, -0.2) is 0 Å². The Kier molecular flexibility index (Phi) is 60.5. The molecule has 0 aromatic carbocycles. The Morgan fingerprint density at radius 2 is 0.653 bits per heavy atom. The van der Waals surface area contributed by atoms with E-state index in [1.54, 1.807) is 6.08 Å². The van der Waals surface area contributed by atoms with Crippen molar-refractivity contribution in [2.24, 2.45) is 0 Å². The summed E-state index contributed by atoms with van der Waals surface area (Å²) >= 11 is 0. The van der Waals surface area contributed by atoms with Gasteiger partial charge >= 0.3 is 5.97 Å². The Morgan fingerprint density at radius 1 is 0.375 bits per heavy atom. The molecule has 3 N–H and O–H groups in total. The Morgan fingerprint density at radius 3 is 0.986 bits per heavy atom. The lowest BCUT2D eigenvalue weighted by Gasteiger charge is -2.20. The maximum absolute atomic E-state index is 12.5. The van der Waals surface area contributed by atoms with Crippen molar-refractivity contribution >= 4 is 11.9 Å². The van der Waals surface area contributed by atoms with Gasteiger partial charge in [-0.1, -0.05) is 314 Å². The zero-order chi connectivity index (χ0) is 52.2. The van der Waals surface area contributed by atoms with E-state index in [1.165, 1.54) is 289 Å². The normalized spacial score (nSPS) is 12.7. The fourth-order valence-electron chi connectivity index (χ4n) is 10.2. The molecule has 0 aliphatic rings. The number of hydrogen-bond donors (Lipinski definition) is 3. The number of amides is 1. The highest BCUT2D eigenvalue weighted by Crippen LogP contribution is 2.18. The molecule has 0 aromatic rings. The Balaban J connectivity index is 3.44. The third-order valence-corrected chi connectivity index (χ3v) is 15.2. The number of allylic oxidation sites excluding steroid dienone is 3. The van der Waals surface area contributed by atoms with Gasteiger partial charge in [-0.3, -0.25) is 9.59 Å². The van der Waals surface area contributed by atoms with Crippen molar-refractivity contribution in [2.75, 3.05) is 13.2 Å². The molecule has 72 heavy (non-hydrogen) atoms. The Labute approximate surface area is 450 Å². The first-order valence-electron chi connectivity index (χ1n) is 32.6. The fourth-order valence-corrected chi connectivity index (χ4v) is 10.2. The Hall–Kier alpha value is -1.66. The van der Waals surface area contributed by atoms with Crippen molar-refractivity contribution in [1.82, 2.24) is 5.32 Å². The van der Waals surface area contributed by atoms with Crippen LogP contribution in [0, 0.1) is 0 Å². The van der Waals surface area contributed by atoms with Crippen molar-refractivity contribution in [2.45, 2.75) is 373 Å². The van der Waals surface area contributed by atoms with Gasteiger partial charge < -0.3 is 20.3 Å². The molecule has 0 aliphatic heterocycles. The van der Waals surface area contributed by atoms with Crippen LogP contribution in [0.15, 0.2) is 24.3 Å². The molecule has 1 amide bonds.